The second kappa shape index (κ2) is 4.25. The number of nitrogens with one attached hydrogen (secondary N) is 1. The smallest absolute Gasteiger partial charge is 0.150 e. The number of hydrogen-bond donors (Lipinski definition) is 1. The van der Waals surface area contributed by atoms with Crippen molar-refractivity contribution in [2.75, 3.05) is 0 Å². The van der Waals surface area contributed by atoms with Gasteiger partial charge in [-0.05, 0) is 12.2 Å². The Bertz CT molecular complexity index is 189. The molecule has 1 rings (SSSR count). The van der Waals surface area contributed by atoms with E-state index in [9.17, 15) is 4.79 Å². The topological polar surface area (TPSA) is 29.1 Å². The molecule has 1 aliphatic rings. The third-order valence-corrected chi connectivity index (χ3v) is 0.819. The fourth-order valence-corrected chi connectivity index (χ4v) is 0.457. The van der Waals surface area contributed by atoms with Crippen molar-refractivity contribution in [3.05, 3.63) is 30.1 Å². The van der Waals surface area contributed by atoms with Gasteiger partial charge in [0.2, 0.25) is 0 Å². The number of hydrogen-bond acceptors (Lipinski definition) is 2. The summed E-state index contributed by atoms with van der Waals surface area (Å²) in [7, 11) is 0. The average molecular weight is 208 g/mol. The molecule has 0 fully saturated rings. The Balaban J connectivity index is 0.000000640. The van der Waals surface area contributed by atoms with Crippen LogP contribution in [-0.4, -0.2) is 5.94 Å². The van der Waals surface area contributed by atoms with Crippen molar-refractivity contribution in [3.63, 3.8) is 0 Å². The monoisotopic (exact) mass is 209 g/mol. The molecule has 0 unspecified atom stereocenters. The summed E-state index contributed by atoms with van der Waals surface area (Å²) < 4.78 is 0. The van der Waals surface area contributed by atoms with Crippen LogP contribution in [0.25, 0.3) is 0 Å². The van der Waals surface area contributed by atoms with Gasteiger partial charge in [-0.2, -0.15) is 0 Å². The zero-order chi connectivity index (χ0) is 5.82. The van der Waals surface area contributed by atoms with Crippen LogP contribution >= 0.6 is 0 Å². The zero-order valence-electron chi connectivity index (χ0n) is 4.57. The number of allylic oxidation sites excluding steroid dienone is 3. The van der Waals surface area contributed by atoms with Gasteiger partial charge in [0, 0.05) is 25.7 Å². The summed E-state index contributed by atoms with van der Waals surface area (Å²) in [5.41, 5.74) is 0.479. The Kier molecular flexibility index (Phi) is 3.95. The molecule has 1 N–H and O–H groups in total. The van der Waals surface area contributed by atoms with Gasteiger partial charge in [0.05, 0.1) is 0 Å². The standard InChI is InChI=1S/C6H5NO.Ru/c8-5-6-3-1-2-4-7-6;/h1-4,7H;. The third-order valence-electron chi connectivity index (χ3n) is 0.819. The van der Waals surface area contributed by atoms with E-state index in [1.165, 1.54) is 0 Å². The summed E-state index contributed by atoms with van der Waals surface area (Å²) in [6.45, 7) is 0. The maximum Gasteiger partial charge on any atom is 0.150 e. The molecule has 0 aliphatic carbocycles. The molecule has 0 radical (unpaired) electrons. The van der Waals surface area contributed by atoms with E-state index >= 15 is 0 Å². The summed E-state index contributed by atoms with van der Waals surface area (Å²) in [5.74, 6) is 1.72. The Morgan fingerprint density at radius 3 is 2.56 bits per heavy atom. The number of carbonyl (C=O) groups excluding carboxylic acids is 1. The maximum atomic E-state index is 9.85. The molecule has 2 nitrogen and oxygen atoms in total. The predicted octanol–water partition coefficient (Wildman–Crippen LogP) is 0.372. The SMILES string of the molecule is O=C=C1C=CC=CN1.[Ru]. The van der Waals surface area contributed by atoms with Gasteiger partial charge < -0.3 is 5.32 Å². The van der Waals surface area contributed by atoms with Gasteiger partial charge in [0.15, 0.2) is 5.94 Å². The van der Waals surface area contributed by atoms with Crippen LogP contribution in [0, 0.1) is 0 Å². The first-order valence-electron chi connectivity index (χ1n) is 2.28. The van der Waals surface area contributed by atoms with E-state index in [4.69, 9.17) is 0 Å². The molecule has 1 heterocycles. The second-order valence-corrected chi connectivity index (χ2v) is 1.38. The average Bonchev–Trinajstić information content (AvgIpc) is 1.90. The first kappa shape index (κ1) is 8.35. The minimum absolute atomic E-state index is 0. The predicted molar refractivity (Wildman–Crippen MR) is 30.6 cm³/mol. The molecule has 0 bridgehead atoms. The molecule has 0 aromatic rings. The number of dihydropyridines is 1. The summed E-state index contributed by atoms with van der Waals surface area (Å²) in [5, 5.41) is 2.69. The molecule has 9 heavy (non-hydrogen) atoms. The zero-order valence-corrected chi connectivity index (χ0v) is 6.31. The van der Waals surface area contributed by atoms with Gasteiger partial charge in [-0.15, -0.1) is 0 Å². The first-order chi connectivity index (χ1) is 3.93. The van der Waals surface area contributed by atoms with E-state index in [0.717, 1.165) is 0 Å². The van der Waals surface area contributed by atoms with Crippen molar-refractivity contribution < 1.29 is 24.3 Å². The van der Waals surface area contributed by atoms with E-state index in [0.29, 0.717) is 5.70 Å². The van der Waals surface area contributed by atoms with E-state index in [-0.39, 0.29) is 19.5 Å². The molecule has 0 saturated carbocycles. The van der Waals surface area contributed by atoms with Gasteiger partial charge in [0.1, 0.15) is 5.70 Å². The molecule has 0 saturated heterocycles. The van der Waals surface area contributed by atoms with Crippen LogP contribution in [0.2, 0.25) is 0 Å². The van der Waals surface area contributed by atoms with E-state index in [1.54, 1.807) is 30.4 Å². The fraction of sp³-hybridized carbons (Fsp3) is 0. The molecular weight excluding hydrogens is 203 g/mol. The molecule has 0 aromatic carbocycles. The Morgan fingerprint density at radius 2 is 2.22 bits per heavy atom. The first-order valence-corrected chi connectivity index (χ1v) is 2.28. The van der Waals surface area contributed by atoms with Gasteiger partial charge in [-0.3, -0.25) is 0 Å². The third kappa shape index (κ3) is 2.41. The molecule has 0 spiro atoms. The minimum atomic E-state index is 0. The fourth-order valence-electron chi connectivity index (χ4n) is 0.457. The normalized spacial score (nSPS) is 13.6. The number of rotatable bonds is 0. The minimum Gasteiger partial charge on any atom is -0.353 e. The van der Waals surface area contributed by atoms with Crippen LogP contribution in [0.3, 0.4) is 0 Å². The molecule has 0 aromatic heterocycles. The van der Waals surface area contributed by atoms with Crippen LogP contribution in [0.15, 0.2) is 30.1 Å². The molecule has 0 atom stereocenters. The molecule has 0 amide bonds. The van der Waals surface area contributed by atoms with Gasteiger partial charge in [0.25, 0.3) is 0 Å². The quantitative estimate of drug-likeness (QED) is 0.460. The van der Waals surface area contributed by atoms with Crippen molar-refractivity contribution in [1.82, 2.24) is 5.32 Å². The second-order valence-electron chi connectivity index (χ2n) is 1.38. The molecular formula is C6H5NORu. The summed E-state index contributed by atoms with van der Waals surface area (Å²) in [4.78, 5) is 9.85. The Hall–Kier alpha value is -0.647. The molecule has 3 heteroatoms. The molecule has 48 valence electrons. The van der Waals surface area contributed by atoms with Crippen molar-refractivity contribution in [3.8, 4) is 0 Å². The van der Waals surface area contributed by atoms with Crippen molar-refractivity contribution >= 4 is 5.94 Å². The maximum absolute atomic E-state index is 9.85. The Morgan fingerprint density at radius 1 is 1.44 bits per heavy atom. The van der Waals surface area contributed by atoms with E-state index in [1.807, 2.05) is 0 Å². The van der Waals surface area contributed by atoms with Crippen molar-refractivity contribution in [1.29, 1.82) is 0 Å². The van der Waals surface area contributed by atoms with Gasteiger partial charge in [-0.1, -0.05) is 6.08 Å². The van der Waals surface area contributed by atoms with Gasteiger partial charge in [-0.25, -0.2) is 4.79 Å². The largest absolute Gasteiger partial charge is 0.353 e. The van der Waals surface area contributed by atoms with E-state index < -0.39 is 0 Å². The van der Waals surface area contributed by atoms with Crippen LogP contribution in [0.1, 0.15) is 0 Å². The van der Waals surface area contributed by atoms with Crippen LogP contribution in [-0.2, 0) is 24.3 Å². The van der Waals surface area contributed by atoms with Crippen LogP contribution in [0.5, 0.6) is 0 Å². The molecule has 1 aliphatic heterocycles. The summed E-state index contributed by atoms with van der Waals surface area (Å²) >= 11 is 0. The van der Waals surface area contributed by atoms with Crippen LogP contribution < -0.4 is 5.32 Å². The summed E-state index contributed by atoms with van der Waals surface area (Å²) in [6, 6.07) is 0. The van der Waals surface area contributed by atoms with E-state index in [2.05, 4.69) is 5.32 Å². The van der Waals surface area contributed by atoms with Crippen LogP contribution in [0.4, 0.5) is 0 Å². The summed E-state index contributed by atoms with van der Waals surface area (Å²) in [6.07, 6.45) is 6.92. The van der Waals surface area contributed by atoms with Crippen molar-refractivity contribution in [2.24, 2.45) is 0 Å². The Labute approximate surface area is 66.1 Å². The van der Waals surface area contributed by atoms with Gasteiger partial charge >= 0.3 is 0 Å². The van der Waals surface area contributed by atoms with Crippen molar-refractivity contribution in [2.45, 2.75) is 0 Å².